The Morgan fingerprint density at radius 1 is 1.30 bits per heavy atom. The second-order valence-corrected chi connectivity index (χ2v) is 8.92. The molecule has 0 radical (unpaired) electrons. The normalized spacial score (nSPS) is 13.6. The van der Waals surface area contributed by atoms with Gasteiger partial charge in [0.1, 0.15) is 11.9 Å². The number of nitrogens with one attached hydrogen (secondary N) is 2. The van der Waals surface area contributed by atoms with Crippen molar-refractivity contribution in [3.63, 3.8) is 0 Å². The summed E-state index contributed by atoms with van der Waals surface area (Å²) in [4.78, 5) is 23.4. The molecule has 1 heterocycles. The van der Waals surface area contributed by atoms with Gasteiger partial charge in [-0.15, -0.1) is 0 Å². The lowest BCUT2D eigenvalue weighted by atomic mass is 10.1. The summed E-state index contributed by atoms with van der Waals surface area (Å²) in [5.41, 5.74) is 4.50. The number of hydrogen-bond acceptors (Lipinski definition) is 6. The van der Waals surface area contributed by atoms with Crippen molar-refractivity contribution < 1.29 is 27.5 Å². The van der Waals surface area contributed by atoms with Gasteiger partial charge in [0.2, 0.25) is 0 Å². The Bertz CT molecular complexity index is 934. The molecule has 146 valence electrons. The topological polar surface area (TPSA) is 113 Å². The average molecular weight is 435 g/mol. The SMILES string of the molecule is CC(CS(=O)(=O)c1ccc(F)cc1Cl)[C@H](O)C(=O)NNC(=O)c1ccsc1. The Morgan fingerprint density at radius 2 is 2.00 bits per heavy atom. The van der Waals surface area contributed by atoms with Crippen molar-refractivity contribution in [2.45, 2.75) is 17.9 Å². The summed E-state index contributed by atoms with van der Waals surface area (Å²) in [6.45, 7) is 1.35. The highest BCUT2D eigenvalue weighted by Crippen LogP contribution is 2.25. The van der Waals surface area contributed by atoms with Crippen LogP contribution in [0.15, 0.2) is 39.9 Å². The molecule has 0 bridgehead atoms. The third kappa shape index (κ3) is 5.48. The summed E-state index contributed by atoms with van der Waals surface area (Å²) >= 11 is 7.06. The number of benzene rings is 1. The highest BCUT2D eigenvalue weighted by molar-refractivity contribution is 7.91. The quantitative estimate of drug-likeness (QED) is 0.473. The number of hydrazine groups is 1. The number of hydrogen-bond donors (Lipinski definition) is 3. The standard InChI is InChI=1S/C16H16ClFN2O5S2/c1-9(8-27(24,25)13-3-2-11(18)6-12(13)17)14(21)16(23)20-19-15(22)10-4-5-26-7-10/h2-7,9,14,21H,8H2,1H3,(H,19,22)(H,20,23)/t9?,14-/m0/s1. The largest absolute Gasteiger partial charge is 0.383 e. The van der Waals surface area contributed by atoms with E-state index in [-0.39, 0.29) is 9.92 Å². The number of aliphatic hydroxyl groups is 1. The summed E-state index contributed by atoms with van der Waals surface area (Å²) in [5, 5.41) is 13.0. The molecule has 0 aliphatic heterocycles. The summed E-state index contributed by atoms with van der Waals surface area (Å²) in [6, 6.07) is 4.38. The molecule has 3 N–H and O–H groups in total. The first-order chi connectivity index (χ1) is 12.6. The van der Waals surface area contributed by atoms with Crippen molar-refractivity contribution in [2.24, 2.45) is 5.92 Å². The van der Waals surface area contributed by atoms with E-state index in [1.54, 1.807) is 16.8 Å². The van der Waals surface area contributed by atoms with E-state index in [2.05, 4.69) is 5.43 Å². The van der Waals surface area contributed by atoms with Gasteiger partial charge in [-0.05, 0) is 29.6 Å². The van der Waals surface area contributed by atoms with E-state index in [0.717, 1.165) is 18.2 Å². The molecule has 0 aliphatic rings. The van der Waals surface area contributed by atoms with Crippen molar-refractivity contribution in [1.82, 2.24) is 10.9 Å². The first kappa shape index (κ1) is 21.3. The lowest BCUT2D eigenvalue weighted by Crippen LogP contribution is -2.48. The molecule has 0 saturated heterocycles. The van der Waals surface area contributed by atoms with Gasteiger partial charge in [-0.1, -0.05) is 18.5 Å². The Labute approximate surface area is 164 Å². The highest BCUT2D eigenvalue weighted by atomic mass is 35.5. The van der Waals surface area contributed by atoms with Crippen molar-refractivity contribution >= 4 is 44.6 Å². The molecule has 27 heavy (non-hydrogen) atoms. The van der Waals surface area contributed by atoms with E-state index in [4.69, 9.17) is 11.6 Å². The highest BCUT2D eigenvalue weighted by Gasteiger charge is 2.29. The van der Waals surface area contributed by atoms with Crippen LogP contribution in [0.5, 0.6) is 0 Å². The molecule has 7 nitrogen and oxygen atoms in total. The van der Waals surface area contributed by atoms with Crippen molar-refractivity contribution in [3.8, 4) is 0 Å². The molecule has 0 aliphatic carbocycles. The number of amides is 2. The predicted octanol–water partition coefficient (Wildman–Crippen LogP) is 1.77. The van der Waals surface area contributed by atoms with Crippen LogP contribution in [-0.2, 0) is 14.6 Å². The van der Waals surface area contributed by atoms with E-state index >= 15 is 0 Å². The van der Waals surface area contributed by atoms with Crippen LogP contribution < -0.4 is 10.9 Å². The molecule has 2 rings (SSSR count). The Balaban J connectivity index is 1.98. The van der Waals surface area contributed by atoms with Crippen LogP contribution in [0.25, 0.3) is 0 Å². The van der Waals surface area contributed by atoms with Crippen LogP contribution >= 0.6 is 22.9 Å². The summed E-state index contributed by atoms with van der Waals surface area (Å²) < 4.78 is 37.9. The fourth-order valence-corrected chi connectivity index (χ4v) is 5.01. The number of rotatable bonds is 6. The molecule has 1 aromatic carbocycles. The fourth-order valence-electron chi connectivity index (χ4n) is 2.17. The number of carbonyl (C=O) groups excluding carboxylic acids is 2. The van der Waals surface area contributed by atoms with Crippen LogP contribution in [0.3, 0.4) is 0 Å². The zero-order chi connectivity index (χ0) is 20.2. The Kier molecular flexibility index (Phi) is 6.93. The molecule has 2 atom stereocenters. The molecule has 2 aromatic rings. The second kappa shape index (κ2) is 8.79. The fraction of sp³-hybridized carbons (Fsp3) is 0.250. The Hall–Kier alpha value is -2.01. The molecule has 0 saturated carbocycles. The maximum Gasteiger partial charge on any atom is 0.270 e. The molecule has 0 fully saturated rings. The molecule has 1 unspecified atom stereocenters. The smallest absolute Gasteiger partial charge is 0.270 e. The zero-order valence-electron chi connectivity index (χ0n) is 14.0. The third-order valence-corrected chi connectivity index (χ3v) is 6.70. The van der Waals surface area contributed by atoms with E-state index in [0.29, 0.717) is 5.56 Å². The van der Waals surface area contributed by atoms with Gasteiger partial charge in [0, 0.05) is 11.3 Å². The number of halogens is 2. The number of thiophene rings is 1. The summed E-state index contributed by atoms with van der Waals surface area (Å²) in [7, 11) is -3.98. The van der Waals surface area contributed by atoms with E-state index in [9.17, 15) is 27.5 Å². The maximum absolute atomic E-state index is 13.1. The monoisotopic (exact) mass is 434 g/mol. The second-order valence-electron chi connectivity index (χ2n) is 5.73. The number of sulfone groups is 1. The van der Waals surface area contributed by atoms with Gasteiger partial charge >= 0.3 is 0 Å². The number of aliphatic hydroxyl groups excluding tert-OH is 1. The molecular weight excluding hydrogens is 419 g/mol. The number of carbonyl (C=O) groups is 2. The predicted molar refractivity (Wildman–Crippen MR) is 98.6 cm³/mol. The van der Waals surface area contributed by atoms with E-state index in [1.807, 2.05) is 5.43 Å². The molecule has 1 aromatic heterocycles. The average Bonchev–Trinajstić information content (AvgIpc) is 3.12. The lowest BCUT2D eigenvalue weighted by Gasteiger charge is -2.19. The van der Waals surface area contributed by atoms with Crippen LogP contribution in [-0.4, -0.2) is 37.2 Å². The summed E-state index contributed by atoms with van der Waals surface area (Å²) in [6.07, 6.45) is -1.71. The lowest BCUT2D eigenvalue weighted by molar-refractivity contribution is -0.132. The first-order valence-electron chi connectivity index (χ1n) is 7.60. The zero-order valence-corrected chi connectivity index (χ0v) is 16.4. The molecule has 0 spiro atoms. The van der Waals surface area contributed by atoms with Crippen LogP contribution in [0, 0.1) is 11.7 Å². The van der Waals surface area contributed by atoms with Crippen LogP contribution in [0.1, 0.15) is 17.3 Å². The molecule has 2 amide bonds. The Morgan fingerprint density at radius 3 is 2.59 bits per heavy atom. The van der Waals surface area contributed by atoms with Crippen molar-refractivity contribution in [1.29, 1.82) is 0 Å². The minimum Gasteiger partial charge on any atom is -0.383 e. The van der Waals surface area contributed by atoms with Crippen molar-refractivity contribution in [3.05, 3.63) is 51.4 Å². The van der Waals surface area contributed by atoms with E-state index < -0.39 is 45.2 Å². The van der Waals surface area contributed by atoms with Crippen LogP contribution in [0.4, 0.5) is 4.39 Å². The maximum atomic E-state index is 13.1. The summed E-state index contributed by atoms with van der Waals surface area (Å²) in [5.74, 6) is -3.85. The van der Waals surface area contributed by atoms with Gasteiger partial charge in [-0.2, -0.15) is 11.3 Å². The first-order valence-corrected chi connectivity index (χ1v) is 10.6. The third-order valence-electron chi connectivity index (χ3n) is 3.60. The van der Waals surface area contributed by atoms with E-state index in [1.165, 1.54) is 18.3 Å². The van der Waals surface area contributed by atoms with Crippen LogP contribution in [0.2, 0.25) is 5.02 Å². The van der Waals surface area contributed by atoms with Gasteiger partial charge in [0.05, 0.1) is 21.2 Å². The molecule has 11 heteroatoms. The van der Waals surface area contributed by atoms with Gasteiger partial charge in [0.15, 0.2) is 9.84 Å². The molecular formula is C16H16ClFN2O5S2. The van der Waals surface area contributed by atoms with Gasteiger partial charge in [-0.25, -0.2) is 12.8 Å². The minimum atomic E-state index is -3.98. The van der Waals surface area contributed by atoms with Gasteiger partial charge in [0.25, 0.3) is 11.8 Å². The minimum absolute atomic E-state index is 0.288. The van der Waals surface area contributed by atoms with Gasteiger partial charge < -0.3 is 5.11 Å². The van der Waals surface area contributed by atoms with Gasteiger partial charge in [-0.3, -0.25) is 20.4 Å². The van der Waals surface area contributed by atoms with Crippen molar-refractivity contribution in [2.75, 3.05) is 5.75 Å².